The summed E-state index contributed by atoms with van der Waals surface area (Å²) in [6.07, 6.45) is 1.43. The molecule has 0 heterocycles. The van der Waals surface area contributed by atoms with Crippen LogP contribution in [-0.2, 0) is 6.61 Å². The lowest BCUT2D eigenvalue weighted by atomic mass is 10.2. The Kier molecular flexibility index (Phi) is 7.77. The van der Waals surface area contributed by atoms with E-state index in [-0.39, 0.29) is 18.2 Å². The number of carbonyl (C=O) groups excluding carboxylic acids is 1. The highest BCUT2D eigenvalue weighted by Gasteiger charge is 2.08. The molecule has 0 aliphatic rings. The molecule has 0 atom stereocenters. The number of nitro groups is 1. The Labute approximate surface area is 189 Å². The Hall–Kier alpha value is -3.91. The molecule has 0 aliphatic carbocycles. The van der Waals surface area contributed by atoms with E-state index in [0.29, 0.717) is 34.3 Å². The number of hydrogen-bond acceptors (Lipinski definition) is 6. The second kappa shape index (κ2) is 10.9. The number of carbonyl (C=O) groups is 1. The molecule has 0 unspecified atom stereocenters. The van der Waals surface area contributed by atoms with Crippen molar-refractivity contribution in [2.75, 3.05) is 6.61 Å². The highest BCUT2D eigenvalue weighted by molar-refractivity contribution is 6.30. The molecule has 1 amide bonds. The first-order valence-electron chi connectivity index (χ1n) is 9.68. The number of benzene rings is 3. The van der Waals surface area contributed by atoms with Gasteiger partial charge in [-0.1, -0.05) is 11.6 Å². The van der Waals surface area contributed by atoms with Crippen molar-refractivity contribution in [2.24, 2.45) is 5.10 Å². The van der Waals surface area contributed by atoms with E-state index in [4.69, 9.17) is 21.1 Å². The number of non-ortho nitro benzene ring substituents is 1. The average Bonchev–Trinajstić information content (AvgIpc) is 2.79. The van der Waals surface area contributed by atoms with E-state index < -0.39 is 4.92 Å². The van der Waals surface area contributed by atoms with E-state index >= 15 is 0 Å². The normalized spacial score (nSPS) is 10.7. The van der Waals surface area contributed by atoms with Crippen LogP contribution in [0.5, 0.6) is 11.5 Å². The standard InChI is InChI=1S/C23H20ClN3O5/c1-2-31-21-10-5-17(6-11-21)23(28)26-25-14-18-13-19(24)7-12-22(18)32-15-16-3-8-20(9-4-16)27(29)30/h3-14H,2,15H2,1H3,(H,26,28)/b25-14-. The fourth-order valence-electron chi connectivity index (χ4n) is 2.72. The lowest BCUT2D eigenvalue weighted by molar-refractivity contribution is -0.384. The number of amides is 1. The van der Waals surface area contributed by atoms with Crippen LogP contribution in [0.3, 0.4) is 0 Å². The smallest absolute Gasteiger partial charge is 0.271 e. The van der Waals surface area contributed by atoms with Crippen molar-refractivity contribution in [1.82, 2.24) is 5.43 Å². The summed E-state index contributed by atoms with van der Waals surface area (Å²) in [6.45, 7) is 2.62. The van der Waals surface area contributed by atoms with Crippen LogP contribution >= 0.6 is 11.6 Å². The molecule has 0 saturated heterocycles. The minimum atomic E-state index is -0.458. The van der Waals surface area contributed by atoms with Crippen molar-refractivity contribution in [3.05, 3.63) is 98.6 Å². The monoisotopic (exact) mass is 453 g/mol. The van der Waals surface area contributed by atoms with Gasteiger partial charge in [0.15, 0.2) is 0 Å². The summed E-state index contributed by atoms with van der Waals surface area (Å²) in [5, 5.41) is 15.2. The molecule has 3 rings (SSSR count). The van der Waals surface area contributed by atoms with Gasteiger partial charge in [-0.3, -0.25) is 14.9 Å². The average molecular weight is 454 g/mol. The lowest BCUT2D eigenvalue weighted by Gasteiger charge is -2.10. The molecule has 9 heteroatoms. The van der Waals surface area contributed by atoms with Crippen LogP contribution in [0.1, 0.15) is 28.4 Å². The molecular formula is C23H20ClN3O5. The molecule has 8 nitrogen and oxygen atoms in total. The predicted molar refractivity (Wildman–Crippen MR) is 122 cm³/mol. The van der Waals surface area contributed by atoms with Crippen LogP contribution in [0.2, 0.25) is 5.02 Å². The third kappa shape index (κ3) is 6.29. The first-order chi connectivity index (χ1) is 15.5. The fourth-order valence-corrected chi connectivity index (χ4v) is 2.90. The van der Waals surface area contributed by atoms with Gasteiger partial charge in [-0.15, -0.1) is 0 Å². The van der Waals surface area contributed by atoms with E-state index in [1.165, 1.54) is 18.3 Å². The zero-order valence-electron chi connectivity index (χ0n) is 17.2. The van der Waals surface area contributed by atoms with Crippen LogP contribution < -0.4 is 14.9 Å². The number of nitrogens with one attached hydrogen (secondary N) is 1. The number of halogens is 1. The molecule has 164 valence electrons. The van der Waals surface area contributed by atoms with Gasteiger partial charge in [0.1, 0.15) is 18.1 Å². The van der Waals surface area contributed by atoms with Crippen molar-refractivity contribution >= 4 is 29.4 Å². The summed E-state index contributed by atoms with van der Waals surface area (Å²) in [6, 6.07) is 17.8. The first-order valence-corrected chi connectivity index (χ1v) is 10.1. The van der Waals surface area contributed by atoms with Gasteiger partial charge in [0.05, 0.1) is 17.7 Å². The SMILES string of the molecule is CCOc1ccc(C(=O)N/N=C\c2cc(Cl)ccc2OCc2ccc([N+](=O)[O-])cc2)cc1. The third-order valence-corrected chi connectivity index (χ3v) is 4.55. The molecule has 3 aromatic rings. The maximum absolute atomic E-state index is 12.3. The Morgan fingerprint density at radius 1 is 1.09 bits per heavy atom. The number of nitro benzene ring substituents is 1. The highest BCUT2D eigenvalue weighted by Crippen LogP contribution is 2.23. The quantitative estimate of drug-likeness (QED) is 0.279. The van der Waals surface area contributed by atoms with E-state index in [9.17, 15) is 14.9 Å². The van der Waals surface area contributed by atoms with Crippen molar-refractivity contribution in [1.29, 1.82) is 0 Å². The topological polar surface area (TPSA) is 103 Å². The Morgan fingerprint density at radius 3 is 2.47 bits per heavy atom. The Bertz CT molecular complexity index is 1120. The number of hydrazone groups is 1. The van der Waals surface area contributed by atoms with Crippen molar-refractivity contribution in [3.8, 4) is 11.5 Å². The van der Waals surface area contributed by atoms with Gasteiger partial charge in [-0.05, 0) is 67.1 Å². The van der Waals surface area contributed by atoms with Gasteiger partial charge in [0.25, 0.3) is 11.6 Å². The van der Waals surface area contributed by atoms with E-state index in [2.05, 4.69) is 10.5 Å². The molecule has 1 N–H and O–H groups in total. The second-order valence-electron chi connectivity index (χ2n) is 6.55. The summed E-state index contributed by atoms with van der Waals surface area (Å²) in [5.41, 5.74) is 4.23. The van der Waals surface area contributed by atoms with E-state index in [1.54, 1.807) is 54.6 Å². The third-order valence-electron chi connectivity index (χ3n) is 4.31. The predicted octanol–water partition coefficient (Wildman–Crippen LogP) is 4.99. The zero-order chi connectivity index (χ0) is 22.9. The maximum atomic E-state index is 12.3. The molecule has 0 aliphatic heterocycles. The summed E-state index contributed by atoms with van der Waals surface area (Å²) in [5.74, 6) is 0.799. The van der Waals surface area contributed by atoms with Gasteiger partial charge >= 0.3 is 0 Å². The zero-order valence-corrected chi connectivity index (χ0v) is 17.9. The largest absolute Gasteiger partial charge is 0.494 e. The summed E-state index contributed by atoms with van der Waals surface area (Å²) in [4.78, 5) is 22.6. The fraction of sp³-hybridized carbons (Fsp3) is 0.130. The molecule has 0 saturated carbocycles. The number of nitrogens with zero attached hydrogens (tertiary/aromatic N) is 2. The second-order valence-corrected chi connectivity index (χ2v) is 6.99. The highest BCUT2D eigenvalue weighted by atomic mass is 35.5. The molecule has 0 bridgehead atoms. The number of hydrogen-bond donors (Lipinski definition) is 1. The molecular weight excluding hydrogens is 434 g/mol. The van der Waals surface area contributed by atoms with Gasteiger partial charge in [0, 0.05) is 28.3 Å². The van der Waals surface area contributed by atoms with E-state index in [1.807, 2.05) is 6.92 Å². The summed E-state index contributed by atoms with van der Waals surface area (Å²) in [7, 11) is 0. The molecule has 0 fully saturated rings. The minimum absolute atomic E-state index is 0.0105. The molecule has 0 radical (unpaired) electrons. The first kappa shape index (κ1) is 22.8. The van der Waals surface area contributed by atoms with Crippen molar-refractivity contribution in [2.45, 2.75) is 13.5 Å². The number of ether oxygens (including phenoxy) is 2. The maximum Gasteiger partial charge on any atom is 0.271 e. The van der Waals surface area contributed by atoms with Gasteiger partial charge in [0.2, 0.25) is 0 Å². The van der Waals surface area contributed by atoms with Crippen LogP contribution in [-0.4, -0.2) is 23.7 Å². The van der Waals surface area contributed by atoms with E-state index in [0.717, 1.165) is 5.56 Å². The van der Waals surface area contributed by atoms with Gasteiger partial charge in [-0.2, -0.15) is 5.10 Å². The van der Waals surface area contributed by atoms with Crippen LogP contribution in [0.4, 0.5) is 5.69 Å². The van der Waals surface area contributed by atoms with Crippen LogP contribution in [0, 0.1) is 10.1 Å². The molecule has 32 heavy (non-hydrogen) atoms. The molecule has 0 spiro atoms. The Balaban J connectivity index is 1.64. The molecule has 3 aromatic carbocycles. The summed E-state index contributed by atoms with van der Waals surface area (Å²) >= 11 is 6.08. The van der Waals surface area contributed by atoms with Crippen molar-refractivity contribution in [3.63, 3.8) is 0 Å². The van der Waals surface area contributed by atoms with Gasteiger partial charge in [-0.25, -0.2) is 5.43 Å². The van der Waals surface area contributed by atoms with Crippen molar-refractivity contribution < 1.29 is 19.2 Å². The lowest BCUT2D eigenvalue weighted by Crippen LogP contribution is -2.17. The molecule has 0 aromatic heterocycles. The van der Waals surface area contributed by atoms with Crippen LogP contribution in [0.15, 0.2) is 71.8 Å². The minimum Gasteiger partial charge on any atom is -0.494 e. The van der Waals surface area contributed by atoms with Crippen LogP contribution in [0.25, 0.3) is 0 Å². The van der Waals surface area contributed by atoms with Gasteiger partial charge < -0.3 is 9.47 Å². The number of rotatable bonds is 9. The Morgan fingerprint density at radius 2 is 1.81 bits per heavy atom. The summed E-state index contributed by atoms with van der Waals surface area (Å²) < 4.78 is 11.2.